The van der Waals surface area contributed by atoms with E-state index in [1.54, 1.807) is 0 Å². The number of phosphoric acid groups is 1. The van der Waals surface area contributed by atoms with Gasteiger partial charge in [-0.15, -0.1) is 0 Å². The van der Waals surface area contributed by atoms with Crippen molar-refractivity contribution in [3.8, 4) is 0 Å². The second-order valence-corrected chi connectivity index (χ2v) is 13.6. The number of carbonyl (C=O) groups excluding carboxylic acids is 2. The summed E-state index contributed by atoms with van der Waals surface area (Å²) in [6, 6.07) is 0. The molecular weight excluding hydrogens is 629 g/mol. The number of aliphatic hydroxyl groups is 1. The lowest BCUT2D eigenvalue weighted by molar-refractivity contribution is -0.147. The minimum absolute atomic E-state index is 0.0734. The van der Waals surface area contributed by atoms with E-state index in [0.717, 1.165) is 83.5 Å². The minimum atomic E-state index is -4.42. The molecule has 0 bridgehead atoms. The van der Waals surface area contributed by atoms with Gasteiger partial charge < -0.3 is 20.1 Å². The summed E-state index contributed by atoms with van der Waals surface area (Å²) in [5.74, 6) is -0.548. The highest BCUT2D eigenvalue weighted by molar-refractivity contribution is 7.47. The molecular formula is C38H68NO8P. The van der Waals surface area contributed by atoms with Crippen molar-refractivity contribution in [1.29, 1.82) is 0 Å². The molecule has 278 valence electrons. The SMILES string of the molecule is CC/C=C\C/C=C\C/C=C\CCCCCCCC(=O)OCC(O)COP(=O)(O)OCCNC(=O)CCCCCCC/C=C\CCCCC. The number of phosphoric ester groups is 1. The molecule has 0 rings (SSSR count). The van der Waals surface area contributed by atoms with Gasteiger partial charge in [0.25, 0.3) is 0 Å². The van der Waals surface area contributed by atoms with Crippen molar-refractivity contribution in [1.82, 2.24) is 5.32 Å². The van der Waals surface area contributed by atoms with Crippen molar-refractivity contribution < 1.29 is 37.9 Å². The van der Waals surface area contributed by atoms with Crippen molar-refractivity contribution in [2.45, 2.75) is 155 Å². The summed E-state index contributed by atoms with van der Waals surface area (Å²) in [6.07, 6.45) is 37.5. The normalized spacial score (nSPS) is 14.0. The Morgan fingerprint density at radius 2 is 1.19 bits per heavy atom. The summed E-state index contributed by atoms with van der Waals surface area (Å²) in [4.78, 5) is 33.7. The molecule has 48 heavy (non-hydrogen) atoms. The van der Waals surface area contributed by atoms with Gasteiger partial charge in [-0.05, 0) is 70.6 Å². The molecule has 10 heteroatoms. The number of esters is 1. The number of unbranched alkanes of at least 4 members (excludes halogenated alkanes) is 13. The predicted octanol–water partition coefficient (Wildman–Crippen LogP) is 9.60. The molecule has 0 spiro atoms. The number of hydrogen-bond acceptors (Lipinski definition) is 7. The van der Waals surface area contributed by atoms with Crippen LogP contribution in [0, 0.1) is 0 Å². The van der Waals surface area contributed by atoms with E-state index < -0.39 is 26.5 Å². The van der Waals surface area contributed by atoms with Crippen molar-refractivity contribution in [3.63, 3.8) is 0 Å². The van der Waals surface area contributed by atoms with Crippen LogP contribution in [-0.4, -0.2) is 54.3 Å². The van der Waals surface area contributed by atoms with Gasteiger partial charge in [0.1, 0.15) is 12.7 Å². The van der Waals surface area contributed by atoms with Crippen LogP contribution in [0.15, 0.2) is 48.6 Å². The Morgan fingerprint density at radius 1 is 0.667 bits per heavy atom. The van der Waals surface area contributed by atoms with Crippen LogP contribution in [0.5, 0.6) is 0 Å². The Kier molecular flexibility index (Phi) is 33.3. The third kappa shape index (κ3) is 35.3. The van der Waals surface area contributed by atoms with Crippen LogP contribution in [0.2, 0.25) is 0 Å². The first kappa shape index (κ1) is 46.0. The zero-order valence-corrected chi connectivity index (χ0v) is 31.1. The molecule has 1 amide bonds. The zero-order chi connectivity index (χ0) is 35.4. The Balaban J connectivity index is 3.68. The van der Waals surface area contributed by atoms with Gasteiger partial charge in [-0.3, -0.25) is 18.6 Å². The Morgan fingerprint density at radius 3 is 1.81 bits per heavy atom. The fourth-order valence-corrected chi connectivity index (χ4v) is 5.44. The highest BCUT2D eigenvalue weighted by Crippen LogP contribution is 2.42. The molecule has 0 aliphatic rings. The van der Waals surface area contributed by atoms with Gasteiger partial charge >= 0.3 is 13.8 Å². The number of ether oxygens (including phenoxy) is 1. The van der Waals surface area contributed by atoms with E-state index >= 15 is 0 Å². The summed E-state index contributed by atoms with van der Waals surface area (Å²) in [5, 5.41) is 12.6. The predicted molar refractivity (Wildman–Crippen MR) is 197 cm³/mol. The maximum absolute atomic E-state index is 12.0. The number of aliphatic hydroxyl groups excluding tert-OH is 1. The lowest BCUT2D eigenvalue weighted by Crippen LogP contribution is -2.27. The lowest BCUT2D eigenvalue weighted by atomic mass is 10.1. The molecule has 0 aliphatic carbocycles. The van der Waals surface area contributed by atoms with Crippen LogP contribution in [0.4, 0.5) is 0 Å². The maximum Gasteiger partial charge on any atom is 0.472 e. The first-order valence-corrected chi connectivity index (χ1v) is 20.1. The summed E-state index contributed by atoms with van der Waals surface area (Å²) in [5.41, 5.74) is 0. The number of amides is 1. The molecule has 0 radical (unpaired) electrons. The van der Waals surface area contributed by atoms with E-state index in [0.29, 0.717) is 12.8 Å². The van der Waals surface area contributed by atoms with Crippen LogP contribution in [0.25, 0.3) is 0 Å². The van der Waals surface area contributed by atoms with Crippen molar-refractivity contribution in [2.24, 2.45) is 0 Å². The first-order valence-electron chi connectivity index (χ1n) is 18.6. The Labute approximate surface area is 292 Å². The average molecular weight is 698 g/mol. The Hall–Kier alpha value is -2.03. The van der Waals surface area contributed by atoms with Gasteiger partial charge in [-0.1, -0.05) is 114 Å². The number of carbonyl (C=O) groups is 2. The quantitative estimate of drug-likeness (QED) is 0.0262. The minimum Gasteiger partial charge on any atom is -0.463 e. The van der Waals surface area contributed by atoms with Crippen LogP contribution in [-0.2, 0) is 27.9 Å². The van der Waals surface area contributed by atoms with E-state index in [1.807, 2.05) is 0 Å². The van der Waals surface area contributed by atoms with Crippen molar-refractivity contribution in [3.05, 3.63) is 48.6 Å². The van der Waals surface area contributed by atoms with Crippen molar-refractivity contribution in [2.75, 3.05) is 26.4 Å². The Bertz CT molecular complexity index is 934. The van der Waals surface area contributed by atoms with Crippen LogP contribution in [0.3, 0.4) is 0 Å². The van der Waals surface area contributed by atoms with Crippen LogP contribution < -0.4 is 5.32 Å². The van der Waals surface area contributed by atoms with Crippen LogP contribution in [0.1, 0.15) is 149 Å². The smallest absolute Gasteiger partial charge is 0.463 e. The standard InChI is InChI=1S/C38H68NO8P/c1-3-5-7-9-11-13-15-17-18-19-21-23-25-27-29-31-38(42)45-34-36(40)35-47-48(43,44)46-33-32-39-37(41)30-28-26-24-22-20-16-14-12-10-8-6-4-2/h5,7,11-14,17-18,36,40H,3-4,6,8-10,15-16,19-35H2,1-2H3,(H,39,41)(H,43,44)/b7-5-,13-11-,14-12-,18-17-. The third-order valence-corrected chi connectivity index (χ3v) is 8.48. The molecule has 0 heterocycles. The number of allylic oxidation sites excluding steroid dienone is 8. The molecule has 0 fully saturated rings. The van der Waals surface area contributed by atoms with Gasteiger partial charge in [0.05, 0.1) is 13.2 Å². The molecule has 0 aromatic rings. The average Bonchev–Trinajstić information content (AvgIpc) is 3.07. The molecule has 0 aliphatic heterocycles. The molecule has 0 aromatic carbocycles. The zero-order valence-electron chi connectivity index (χ0n) is 30.2. The van der Waals surface area contributed by atoms with Gasteiger partial charge in [0, 0.05) is 19.4 Å². The molecule has 3 N–H and O–H groups in total. The van der Waals surface area contributed by atoms with E-state index in [2.05, 4.69) is 67.8 Å². The number of hydrogen-bond donors (Lipinski definition) is 3. The fourth-order valence-electron chi connectivity index (χ4n) is 4.68. The van der Waals surface area contributed by atoms with Crippen LogP contribution >= 0.6 is 7.82 Å². The molecule has 0 saturated carbocycles. The fraction of sp³-hybridized carbons (Fsp3) is 0.737. The topological polar surface area (TPSA) is 131 Å². The van der Waals surface area contributed by atoms with E-state index in [9.17, 15) is 24.2 Å². The van der Waals surface area contributed by atoms with E-state index in [-0.39, 0.29) is 32.1 Å². The summed E-state index contributed by atoms with van der Waals surface area (Å²) < 4.78 is 26.7. The van der Waals surface area contributed by atoms with Gasteiger partial charge in [0.2, 0.25) is 5.91 Å². The highest BCUT2D eigenvalue weighted by atomic mass is 31.2. The highest BCUT2D eigenvalue weighted by Gasteiger charge is 2.23. The van der Waals surface area contributed by atoms with Gasteiger partial charge in [-0.25, -0.2) is 4.57 Å². The second-order valence-electron chi connectivity index (χ2n) is 12.2. The number of nitrogens with one attached hydrogen (secondary N) is 1. The molecule has 2 unspecified atom stereocenters. The molecule has 0 aromatic heterocycles. The maximum atomic E-state index is 12.0. The van der Waals surface area contributed by atoms with Crippen molar-refractivity contribution >= 4 is 19.7 Å². The molecule has 0 saturated heterocycles. The molecule has 2 atom stereocenters. The van der Waals surface area contributed by atoms with E-state index in [1.165, 1.54) is 32.1 Å². The van der Waals surface area contributed by atoms with E-state index in [4.69, 9.17) is 13.8 Å². The molecule has 9 nitrogen and oxygen atoms in total. The van der Waals surface area contributed by atoms with Gasteiger partial charge in [-0.2, -0.15) is 0 Å². The summed E-state index contributed by atoms with van der Waals surface area (Å²) in [7, 11) is -4.42. The second kappa shape index (κ2) is 34.8. The summed E-state index contributed by atoms with van der Waals surface area (Å²) in [6.45, 7) is 3.36. The number of rotatable bonds is 34. The summed E-state index contributed by atoms with van der Waals surface area (Å²) >= 11 is 0. The third-order valence-electron chi connectivity index (χ3n) is 7.49. The monoisotopic (exact) mass is 697 g/mol. The lowest BCUT2D eigenvalue weighted by Gasteiger charge is -2.15. The van der Waals surface area contributed by atoms with Gasteiger partial charge in [0.15, 0.2) is 0 Å². The first-order chi connectivity index (χ1) is 23.3. The largest absolute Gasteiger partial charge is 0.472 e.